The molecule has 2 atom stereocenters. The molecule has 0 spiro atoms. The van der Waals surface area contributed by atoms with Crippen LogP contribution in [0.1, 0.15) is 52.9 Å². The van der Waals surface area contributed by atoms with Gasteiger partial charge in [0.15, 0.2) is 0 Å². The summed E-state index contributed by atoms with van der Waals surface area (Å²) < 4.78 is 0. The molecule has 0 radical (unpaired) electrons. The van der Waals surface area contributed by atoms with E-state index in [4.69, 9.17) is 0 Å². The Morgan fingerprint density at radius 3 is 2.50 bits per heavy atom. The van der Waals surface area contributed by atoms with Crippen LogP contribution in [-0.2, 0) is 0 Å². The average molecular weight is 281 g/mol. The van der Waals surface area contributed by atoms with Crippen LogP contribution in [0, 0.1) is 5.92 Å². The quantitative estimate of drug-likeness (QED) is 0.774. The van der Waals surface area contributed by atoms with Crippen LogP contribution in [0.5, 0.6) is 0 Å². The van der Waals surface area contributed by atoms with E-state index in [1.807, 2.05) is 0 Å². The van der Waals surface area contributed by atoms with Crippen molar-refractivity contribution in [1.29, 1.82) is 0 Å². The van der Waals surface area contributed by atoms with Crippen LogP contribution >= 0.6 is 0 Å². The van der Waals surface area contributed by atoms with Crippen molar-refractivity contribution in [1.82, 2.24) is 15.1 Å². The van der Waals surface area contributed by atoms with Crippen molar-refractivity contribution in [3.63, 3.8) is 0 Å². The molecule has 0 aromatic carbocycles. The first-order valence-electron chi connectivity index (χ1n) is 8.94. The molecule has 20 heavy (non-hydrogen) atoms. The minimum atomic E-state index is 0.726. The largest absolute Gasteiger partial charge is 0.312 e. The zero-order chi connectivity index (χ0) is 14.4. The summed E-state index contributed by atoms with van der Waals surface area (Å²) in [5, 5.41) is 3.84. The lowest BCUT2D eigenvalue weighted by atomic mass is 9.96. The predicted molar refractivity (Wildman–Crippen MR) is 87.2 cm³/mol. The Hall–Kier alpha value is -0.120. The van der Waals surface area contributed by atoms with Gasteiger partial charge in [-0.3, -0.25) is 9.80 Å². The standard InChI is InChI=1S/C17H35N3/c1-4-10-18-17(16-8-6-7-9-16)14-19-11-12-20(5-2)15(3)13-19/h15-18H,4-14H2,1-3H3. The lowest BCUT2D eigenvalue weighted by Gasteiger charge is -2.41. The van der Waals surface area contributed by atoms with Crippen LogP contribution in [0.15, 0.2) is 0 Å². The highest BCUT2D eigenvalue weighted by Crippen LogP contribution is 2.28. The molecule has 118 valence electrons. The summed E-state index contributed by atoms with van der Waals surface area (Å²) in [6.45, 7) is 14.4. The molecule has 0 amide bonds. The van der Waals surface area contributed by atoms with Gasteiger partial charge in [-0.2, -0.15) is 0 Å². The van der Waals surface area contributed by atoms with Crippen molar-refractivity contribution in [2.75, 3.05) is 39.3 Å². The first kappa shape index (κ1) is 16.3. The molecular formula is C17H35N3. The smallest absolute Gasteiger partial charge is 0.0223 e. The van der Waals surface area contributed by atoms with Gasteiger partial charge in [-0.1, -0.05) is 26.7 Å². The number of nitrogens with one attached hydrogen (secondary N) is 1. The zero-order valence-electron chi connectivity index (χ0n) is 13.9. The Morgan fingerprint density at radius 2 is 1.90 bits per heavy atom. The molecule has 1 saturated heterocycles. The van der Waals surface area contributed by atoms with Gasteiger partial charge in [-0.25, -0.2) is 0 Å². The van der Waals surface area contributed by atoms with E-state index in [1.165, 1.54) is 71.4 Å². The second kappa shape index (κ2) is 8.35. The fourth-order valence-corrected chi connectivity index (χ4v) is 4.05. The molecule has 0 aromatic heterocycles. The Balaban J connectivity index is 1.83. The van der Waals surface area contributed by atoms with Crippen molar-refractivity contribution >= 4 is 0 Å². The first-order valence-corrected chi connectivity index (χ1v) is 8.94. The van der Waals surface area contributed by atoms with E-state index in [-0.39, 0.29) is 0 Å². The second-order valence-corrected chi connectivity index (χ2v) is 6.84. The molecule has 1 aliphatic heterocycles. The summed E-state index contributed by atoms with van der Waals surface area (Å²) in [7, 11) is 0. The van der Waals surface area contributed by atoms with Gasteiger partial charge in [0.05, 0.1) is 0 Å². The van der Waals surface area contributed by atoms with E-state index in [0.29, 0.717) is 0 Å². The van der Waals surface area contributed by atoms with Gasteiger partial charge in [-0.05, 0) is 45.2 Å². The van der Waals surface area contributed by atoms with Crippen molar-refractivity contribution in [2.24, 2.45) is 5.92 Å². The molecule has 1 N–H and O–H groups in total. The molecule has 2 rings (SSSR count). The van der Waals surface area contributed by atoms with E-state index in [2.05, 4.69) is 35.9 Å². The Morgan fingerprint density at radius 1 is 1.15 bits per heavy atom. The molecule has 3 heteroatoms. The Labute approximate surface area is 126 Å². The average Bonchev–Trinajstić information content (AvgIpc) is 2.97. The van der Waals surface area contributed by atoms with Crippen LogP contribution in [-0.4, -0.2) is 61.2 Å². The second-order valence-electron chi connectivity index (χ2n) is 6.84. The van der Waals surface area contributed by atoms with Gasteiger partial charge in [0.2, 0.25) is 0 Å². The number of hydrogen-bond acceptors (Lipinski definition) is 3. The number of likely N-dealkylation sites (N-methyl/N-ethyl adjacent to an activating group) is 1. The number of hydrogen-bond donors (Lipinski definition) is 1. The maximum absolute atomic E-state index is 3.84. The van der Waals surface area contributed by atoms with Gasteiger partial charge >= 0.3 is 0 Å². The third-order valence-corrected chi connectivity index (χ3v) is 5.34. The lowest BCUT2D eigenvalue weighted by molar-refractivity contribution is 0.0754. The predicted octanol–water partition coefficient (Wildman–Crippen LogP) is 2.57. The van der Waals surface area contributed by atoms with Crippen molar-refractivity contribution < 1.29 is 0 Å². The highest BCUT2D eigenvalue weighted by atomic mass is 15.3. The molecule has 0 aromatic rings. The summed E-state index contributed by atoms with van der Waals surface area (Å²) in [6, 6.07) is 1.46. The maximum Gasteiger partial charge on any atom is 0.0223 e. The number of nitrogens with zero attached hydrogens (tertiary/aromatic N) is 2. The molecule has 2 unspecified atom stereocenters. The van der Waals surface area contributed by atoms with Gasteiger partial charge in [-0.15, -0.1) is 0 Å². The summed E-state index contributed by atoms with van der Waals surface area (Å²) in [5.41, 5.74) is 0. The minimum absolute atomic E-state index is 0.726. The van der Waals surface area contributed by atoms with E-state index in [1.54, 1.807) is 0 Å². The molecule has 0 bridgehead atoms. The van der Waals surface area contributed by atoms with E-state index in [9.17, 15) is 0 Å². The lowest BCUT2D eigenvalue weighted by Crippen LogP contribution is -2.55. The van der Waals surface area contributed by atoms with Crippen LogP contribution in [0.4, 0.5) is 0 Å². The summed E-state index contributed by atoms with van der Waals surface area (Å²) in [6.07, 6.45) is 7.06. The third kappa shape index (κ3) is 4.44. The maximum atomic E-state index is 3.84. The number of piperazine rings is 1. The van der Waals surface area contributed by atoms with Crippen LogP contribution in [0.2, 0.25) is 0 Å². The summed E-state index contributed by atoms with van der Waals surface area (Å²) >= 11 is 0. The first-order chi connectivity index (χ1) is 9.74. The van der Waals surface area contributed by atoms with E-state index in [0.717, 1.165) is 18.0 Å². The molecule has 1 aliphatic carbocycles. The summed E-state index contributed by atoms with van der Waals surface area (Å²) in [4.78, 5) is 5.32. The normalized spacial score (nSPS) is 28.1. The van der Waals surface area contributed by atoms with Crippen molar-refractivity contribution in [3.8, 4) is 0 Å². The molecule has 1 saturated carbocycles. The van der Waals surface area contributed by atoms with Gasteiger partial charge in [0.1, 0.15) is 0 Å². The molecule has 3 nitrogen and oxygen atoms in total. The van der Waals surface area contributed by atoms with Gasteiger partial charge in [0, 0.05) is 38.3 Å². The van der Waals surface area contributed by atoms with Crippen LogP contribution < -0.4 is 5.32 Å². The Bertz CT molecular complexity index is 263. The molecule has 2 aliphatic rings. The van der Waals surface area contributed by atoms with Gasteiger partial charge < -0.3 is 5.32 Å². The van der Waals surface area contributed by atoms with Crippen molar-refractivity contribution in [2.45, 2.75) is 65.0 Å². The highest BCUT2D eigenvalue weighted by molar-refractivity contribution is 4.86. The number of rotatable bonds is 7. The molecule has 1 heterocycles. The minimum Gasteiger partial charge on any atom is -0.312 e. The molecule has 2 fully saturated rings. The third-order valence-electron chi connectivity index (χ3n) is 5.34. The highest BCUT2D eigenvalue weighted by Gasteiger charge is 2.29. The van der Waals surface area contributed by atoms with Gasteiger partial charge in [0.25, 0.3) is 0 Å². The fraction of sp³-hybridized carbons (Fsp3) is 1.00. The summed E-state index contributed by atoms with van der Waals surface area (Å²) in [5.74, 6) is 0.932. The molecular weight excluding hydrogens is 246 g/mol. The van der Waals surface area contributed by atoms with Crippen LogP contribution in [0.3, 0.4) is 0 Å². The topological polar surface area (TPSA) is 18.5 Å². The zero-order valence-corrected chi connectivity index (χ0v) is 13.9. The van der Waals surface area contributed by atoms with Crippen molar-refractivity contribution in [3.05, 3.63) is 0 Å². The Kier molecular flexibility index (Phi) is 6.79. The van der Waals surface area contributed by atoms with E-state index < -0.39 is 0 Å². The monoisotopic (exact) mass is 281 g/mol. The van der Waals surface area contributed by atoms with E-state index >= 15 is 0 Å². The van der Waals surface area contributed by atoms with Crippen LogP contribution in [0.25, 0.3) is 0 Å². The SMILES string of the molecule is CCCNC(CN1CCN(CC)C(C)C1)C1CCCC1. The fourth-order valence-electron chi connectivity index (χ4n) is 4.05.